The van der Waals surface area contributed by atoms with E-state index in [-0.39, 0.29) is 30.6 Å². The SMILES string of the molecule is NC(=O)Nc1ccccc1CNC1CCN(C(=O)CCC(=O)c2cc(Br)c(N)c(Br)c2)CC1. The zero-order chi connectivity index (χ0) is 24.0. The quantitative estimate of drug-likeness (QED) is 0.277. The van der Waals surface area contributed by atoms with Crippen molar-refractivity contribution in [2.75, 3.05) is 24.1 Å². The lowest BCUT2D eigenvalue weighted by Gasteiger charge is -2.32. The Morgan fingerprint density at radius 2 is 1.67 bits per heavy atom. The molecule has 1 aliphatic rings. The number of hydrogen-bond donors (Lipinski definition) is 4. The van der Waals surface area contributed by atoms with Crippen LogP contribution in [0.25, 0.3) is 0 Å². The van der Waals surface area contributed by atoms with Gasteiger partial charge in [-0.3, -0.25) is 9.59 Å². The molecule has 8 nitrogen and oxygen atoms in total. The topological polar surface area (TPSA) is 131 Å². The lowest BCUT2D eigenvalue weighted by Crippen LogP contribution is -2.44. The Morgan fingerprint density at radius 1 is 1.03 bits per heavy atom. The largest absolute Gasteiger partial charge is 0.397 e. The van der Waals surface area contributed by atoms with Crippen LogP contribution in [-0.2, 0) is 11.3 Å². The predicted octanol–water partition coefficient (Wildman–Crippen LogP) is 4.03. The van der Waals surface area contributed by atoms with Crippen LogP contribution < -0.4 is 22.1 Å². The molecule has 0 atom stereocenters. The Bertz CT molecular complexity index is 1020. The summed E-state index contributed by atoms with van der Waals surface area (Å²) in [7, 11) is 0. The number of anilines is 2. The second kappa shape index (κ2) is 11.6. The summed E-state index contributed by atoms with van der Waals surface area (Å²) in [5, 5.41) is 6.13. The zero-order valence-corrected chi connectivity index (χ0v) is 21.2. The number of para-hydroxylation sites is 1. The maximum Gasteiger partial charge on any atom is 0.316 e. The van der Waals surface area contributed by atoms with Gasteiger partial charge >= 0.3 is 6.03 Å². The van der Waals surface area contributed by atoms with Gasteiger partial charge in [-0.15, -0.1) is 0 Å². The lowest BCUT2D eigenvalue weighted by molar-refractivity contribution is -0.132. The van der Waals surface area contributed by atoms with Gasteiger partial charge in [0.1, 0.15) is 0 Å². The van der Waals surface area contributed by atoms with Crippen molar-refractivity contribution >= 4 is 61.0 Å². The van der Waals surface area contributed by atoms with Gasteiger partial charge in [-0.25, -0.2) is 4.79 Å². The number of hydrogen-bond acceptors (Lipinski definition) is 5. The highest BCUT2D eigenvalue weighted by Crippen LogP contribution is 2.30. The first kappa shape index (κ1) is 25.2. The summed E-state index contributed by atoms with van der Waals surface area (Å²) in [4.78, 5) is 38.1. The number of nitrogens with one attached hydrogen (secondary N) is 2. The smallest absolute Gasteiger partial charge is 0.316 e. The minimum atomic E-state index is -0.593. The van der Waals surface area contributed by atoms with E-state index in [1.54, 1.807) is 12.1 Å². The van der Waals surface area contributed by atoms with E-state index in [1.807, 2.05) is 29.2 Å². The van der Waals surface area contributed by atoms with Gasteiger partial charge in [0, 0.05) is 58.7 Å². The van der Waals surface area contributed by atoms with Crippen molar-refractivity contribution in [2.24, 2.45) is 5.73 Å². The molecule has 33 heavy (non-hydrogen) atoms. The maximum absolute atomic E-state index is 12.6. The number of carbonyl (C=O) groups is 3. The van der Waals surface area contributed by atoms with Gasteiger partial charge in [0.15, 0.2) is 5.78 Å². The molecule has 2 aromatic rings. The second-order valence-corrected chi connectivity index (χ2v) is 9.67. The Labute approximate surface area is 209 Å². The summed E-state index contributed by atoms with van der Waals surface area (Å²) < 4.78 is 1.29. The van der Waals surface area contributed by atoms with Crippen LogP contribution in [0.15, 0.2) is 45.3 Å². The molecule has 0 unspecified atom stereocenters. The number of Topliss-reactive ketones (excluding diaryl/α,β-unsaturated/α-hetero) is 1. The number of amides is 3. The molecule has 3 amide bonds. The van der Waals surface area contributed by atoms with Gasteiger partial charge in [0.05, 0.1) is 5.69 Å². The van der Waals surface area contributed by atoms with E-state index in [9.17, 15) is 14.4 Å². The van der Waals surface area contributed by atoms with Crippen LogP contribution in [0.3, 0.4) is 0 Å². The van der Waals surface area contributed by atoms with Gasteiger partial charge < -0.3 is 27.0 Å². The van der Waals surface area contributed by atoms with Crippen LogP contribution >= 0.6 is 31.9 Å². The maximum atomic E-state index is 12.6. The van der Waals surface area contributed by atoms with Crippen molar-refractivity contribution in [1.29, 1.82) is 0 Å². The molecule has 176 valence electrons. The molecule has 3 rings (SSSR count). The van der Waals surface area contributed by atoms with Crippen molar-refractivity contribution in [3.8, 4) is 0 Å². The Hall–Kier alpha value is -2.43. The Kier molecular flexibility index (Phi) is 8.87. The molecule has 1 saturated heterocycles. The molecule has 0 saturated carbocycles. The van der Waals surface area contributed by atoms with Crippen molar-refractivity contribution < 1.29 is 14.4 Å². The highest BCUT2D eigenvalue weighted by molar-refractivity contribution is 9.11. The summed E-state index contributed by atoms with van der Waals surface area (Å²) in [5.41, 5.74) is 13.8. The number of rotatable bonds is 8. The minimum absolute atomic E-state index is 0.00798. The van der Waals surface area contributed by atoms with E-state index in [2.05, 4.69) is 42.5 Å². The van der Waals surface area contributed by atoms with Crippen molar-refractivity contribution in [2.45, 2.75) is 38.3 Å². The van der Waals surface area contributed by atoms with Crippen molar-refractivity contribution in [1.82, 2.24) is 10.2 Å². The first-order chi connectivity index (χ1) is 15.7. The van der Waals surface area contributed by atoms with Crippen LogP contribution in [0.4, 0.5) is 16.2 Å². The molecular weight excluding hydrogens is 554 g/mol. The van der Waals surface area contributed by atoms with E-state index in [1.165, 1.54) is 0 Å². The van der Waals surface area contributed by atoms with E-state index in [0.29, 0.717) is 45.5 Å². The summed E-state index contributed by atoms with van der Waals surface area (Å²) in [6.07, 6.45) is 1.98. The monoisotopic (exact) mass is 579 g/mol. The number of nitrogens with two attached hydrogens (primary N) is 2. The van der Waals surface area contributed by atoms with E-state index < -0.39 is 6.03 Å². The number of urea groups is 1. The fourth-order valence-corrected chi connectivity index (χ4v) is 4.97. The molecule has 0 spiro atoms. The number of likely N-dealkylation sites (tertiary alicyclic amines) is 1. The number of carbonyl (C=O) groups excluding carboxylic acids is 3. The third-order valence-corrected chi connectivity index (χ3v) is 6.98. The number of primary amides is 1. The van der Waals surface area contributed by atoms with Gasteiger partial charge in [-0.2, -0.15) is 0 Å². The third kappa shape index (κ3) is 7.02. The molecule has 0 bridgehead atoms. The third-order valence-electron chi connectivity index (χ3n) is 5.67. The number of nitrogen functional groups attached to an aromatic ring is 1. The Balaban J connectivity index is 1.44. The van der Waals surface area contributed by atoms with Crippen LogP contribution in [0.1, 0.15) is 41.6 Å². The van der Waals surface area contributed by atoms with Gasteiger partial charge in [-0.1, -0.05) is 18.2 Å². The molecule has 10 heteroatoms. The number of ketones is 1. The summed E-state index contributed by atoms with van der Waals surface area (Å²) >= 11 is 6.69. The fraction of sp³-hybridized carbons (Fsp3) is 0.348. The molecule has 2 aromatic carbocycles. The van der Waals surface area contributed by atoms with E-state index >= 15 is 0 Å². The summed E-state index contributed by atoms with van der Waals surface area (Å²) in [5.74, 6) is -0.101. The second-order valence-electron chi connectivity index (χ2n) is 7.96. The molecule has 0 radical (unpaired) electrons. The van der Waals surface area contributed by atoms with Crippen LogP contribution in [0.2, 0.25) is 0 Å². The highest BCUT2D eigenvalue weighted by atomic mass is 79.9. The average Bonchev–Trinajstić information content (AvgIpc) is 2.79. The van der Waals surface area contributed by atoms with Crippen molar-refractivity contribution in [3.05, 3.63) is 56.5 Å². The predicted molar refractivity (Wildman–Crippen MR) is 136 cm³/mol. The first-order valence-corrected chi connectivity index (χ1v) is 12.3. The van der Waals surface area contributed by atoms with Crippen LogP contribution in [-0.4, -0.2) is 41.8 Å². The average molecular weight is 581 g/mol. The number of halogens is 2. The standard InChI is InChI=1S/C23H27Br2N5O3/c24-17-11-15(12-18(25)22(17)26)20(31)5-6-21(32)30-9-7-16(8-10-30)28-13-14-3-1-2-4-19(14)29-23(27)33/h1-4,11-12,16,28H,5-10,13,26H2,(H3,27,29,33). The molecule has 1 aliphatic heterocycles. The number of benzene rings is 2. The first-order valence-electron chi connectivity index (χ1n) is 10.7. The Morgan fingerprint density at radius 3 is 2.30 bits per heavy atom. The normalized spacial score (nSPS) is 14.2. The molecule has 1 heterocycles. The molecule has 0 aliphatic carbocycles. The number of nitrogens with zero attached hydrogens (tertiary/aromatic N) is 1. The molecular formula is C23H27Br2N5O3. The van der Waals surface area contributed by atoms with Gasteiger partial charge in [0.2, 0.25) is 5.91 Å². The fourth-order valence-electron chi connectivity index (χ4n) is 3.78. The molecule has 6 N–H and O–H groups in total. The summed E-state index contributed by atoms with van der Waals surface area (Å²) in [6.45, 7) is 1.88. The van der Waals surface area contributed by atoms with Crippen LogP contribution in [0.5, 0.6) is 0 Å². The summed E-state index contributed by atoms with van der Waals surface area (Å²) in [6, 6.07) is 10.5. The zero-order valence-electron chi connectivity index (χ0n) is 18.1. The van der Waals surface area contributed by atoms with Gasteiger partial charge in [0.25, 0.3) is 0 Å². The number of piperidine rings is 1. The highest BCUT2D eigenvalue weighted by Gasteiger charge is 2.23. The molecule has 0 aromatic heterocycles. The van der Waals surface area contributed by atoms with Crippen LogP contribution in [0, 0.1) is 0 Å². The molecule has 1 fully saturated rings. The lowest BCUT2D eigenvalue weighted by atomic mass is 10.0. The minimum Gasteiger partial charge on any atom is -0.397 e. The van der Waals surface area contributed by atoms with E-state index in [4.69, 9.17) is 11.5 Å². The van der Waals surface area contributed by atoms with Gasteiger partial charge in [-0.05, 0) is 68.5 Å². The van der Waals surface area contributed by atoms with E-state index in [0.717, 1.165) is 18.4 Å². The van der Waals surface area contributed by atoms with Crippen molar-refractivity contribution in [3.63, 3.8) is 0 Å².